The molecule has 3 heteroatoms. The van der Waals surface area contributed by atoms with Crippen LogP contribution in [-0.4, -0.2) is 12.6 Å². The predicted molar refractivity (Wildman–Crippen MR) is 153 cm³/mol. The largest absolute Gasteiger partial charge is 0.463 e. The van der Waals surface area contributed by atoms with E-state index in [9.17, 15) is 10.1 Å². The topological polar surface area (TPSA) is 50.1 Å². The Morgan fingerprint density at radius 2 is 1.73 bits per heavy atom. The molecule has 3 nitrogen and oxygen atoms in total. The van der Waals surface area contributed by atoms with Crippen LogP contribution >= 0.6 is 0 Å². The first kappa shape index (κ1) is 28.7. The average Bonchev–Trinajstić information content (AvgIpc) is 2.94. The van der Waals surface area contributed by atoms with Crippen molar-refractivity contribution in [3.63, 3.8) is 0 Å². The second-order valence-corrected chi connectivity index (χ2v) is 11.0. The van der Waals surface area contributed by atoms with Crippen molar-refractivity contribution in [3.8, 4) is 17.2 Å². The van der Waals surface area contributed by atoms with Crippen molar-refractivity contribution >= 4 is 5.97 Å². The van der Waals surface area contributed by atoms with Crippen LogP contribution in [0, 0.1) is 16.7 Å². The van der Waals surface area contributed by atoms with Crippen LogP contribution in [0.4, 0.5) is 0 Å². The number of hydrogen-bond acceptors (Lipinski definition) is 3. The van der Waals surface area contributed by atoms with E-state index in [1.807, 2.05) is 0 Å². The number of hydrogen-bond donors (Lipinski definition) is 0. The minimum Gasteiger partial charge on any atom is -0.463 e. The fourth-order valence-corrected chi connectivity index (χ4v) is 5.91. The first-order valence-corrected chi connectivity index (χ1v) is 14.4. The van der Waals surface area contributed by atoms with E-state index in [0.29, 0.717) is 18.4 Å². The van der Waals surface area contributed by atoms with Crippen molar-refractivity contribution in [2.45, 2.75) is 103 Å². The van der Waals surface area contributed by atoms with Gasteiger partial charge in [-0.2, -0.15) is 5.26 Å². The zero-order chi connectivity index (χ0) is 26.5. The van der Waals surface area contributed by atoms with Gasteiger partial charge in [0.15, 0.2) is 0 Å². The van der Waals surface area contributed by atoms with E-state index < -0.39 is 0 Å². The monoisotopic (exact) mass is 499 g/mol. The fourth-order valence-electron chi connectivity index (χ4n) is 5.91. The number of carbonyl (C=O) groups is 1. The third-order valence-electron chi connectivity index (χ3n) is 8.21. The maximum absolute atomic E-state index is 11.1. The lowest BCUT2D eigenvalue weighted by Gasteiger charge is -2.36. The van der Waals surface area contributed by atoms with E-state index in [1.54, 1.807) is 0 Å². The normalized spacial score (nSPS) is 20.1. The summed E-state index contributed by atoms with van der Waals surface area (Å²) in [7, 11) is 0. The Morgan fingerprint density at radius 3 is 2.38 bits per heavy atom. The highest BCUT2D eigenvalue weighted by atomic mass is 16.5. The van der Waals surface area contributed by atoms with Gasteiger partial charge in [-0.3, -0.25) is 0 Å². The number of carbonyl (C=O) groups excluding carboxylic acids is 1. The molecule has 0 amide bonds. The Kier molecular flexibility index (Phi) is 11.5. The van der Waals surface area contributed by atoms with Gasteiger partial charge in [-0.05, 0) is 72.6 Å². The molecule has 0 N–H and O–H groups in total. The van der Waals surface area contributed by atoms with Gasteiger partial charge >= 0.3 is 5.97 Å². The number of esters is 1. The van der Waals surface area contributed by atoms with Crippen molar-refractivity contribution in [2.75, 3.05) is 6.61 Å². The van der Waals surface area contributed by atoms with Crippen molar-refractivity contribution in [1.82, 2.24) is 0 Å². The molecule has 0 heterocycles. The smallest absolute Gasteiger partial charge is 0.330 e. The molecule has 1 aliphatic rings. The molecule has 0 aliphatic heterocycles. The van der Waals surface area contributed by atoms with Gasteiger partial charge in [0.1, 0.15) is 0 Å². The Labute approximate surface area is 224 Å². The molecule has 3 unspecified atom stereocenters. The maximum atomic E-state index is 11.1. The molecular weight excluding hydrogens is 454 g/mol. The summed E-state index contributed by atoms with van der Waals surface area (Å²) in [5.74, 6) is 0.741. The lowest BCUT2D eigenvalue weighted by atomic mass is 9.66. The van der Waals surface area contributed by atoms with E-state index >= 15 is 0 Å². The van der Waals surface area contributed by atoms with Gasteiger partial charge in [0, 0.05) is 6.08 Å². The van der Waals surface area contributed by atoms with Crippen molar-refractivity contribution in [3.05, 3.63) is 72.3 Å². The summed E-state index contributed by atoms with van der Waals surface area (Å²) < 4.78 is 5.03. The summed E-state index contributed by atoms with van der Waals surface area (Å²) in [4.78, 5) is 11.1. The second-order valence-electron chi connectivity index (χ2n) is 11.0. The van der Waals surface area contributed by atoms with Gasteiger partial charge in [0.05, 0.1) is 18.1 Å². The van der Waals surface area contributed by atoms with Crippen LogP contribution < -0.4 is 0 Å². The number of benzene rings is 2. The van der Waals surface area contributed by atoms with E-state index in [2.05, 4.69) is 75.0 Å². The molecule has 0 saturated heterocycles. The zero-order valence-electron chi connectivity index (χ0n) is 23.0. The molecular formula is C34H45NO2. The standard InChI is InChI=1S/C34H45NO2/c1-4-12-27(3)28-14-16-29(17-15-28)30-18-20-31(21-19-30)32-13-11-23-34(25-32,26-35)22-9-7-6-8-10-24-37-33(36)5-2/h5,14-21,27,32H,2,4,6-13,22-25H2,1,3H3. The molecule has 198 valence electrons. The van der Waals surface area contributed by atoms with Gasteiger partial charge in [0.25, 0.3) is 0 Å². The Bertz CT molecular complexity index is 1020. The second kappa shape index (κ2) is 14.8. The summed E-state index contributed by atoms with van der Waals surface area (Å²) in [5.41, 5.74) is 5.15. The molecule has 1 saturated carbocycles. The summed E-state index contributed by atoms with van der Waals surface area (Å²) in [5, 5.41) is 10.1. The number of nitriles is 1. The van der Waals surface area contributed by atoms with Gasteiger partial charge in [-0.1, -0.05) is 107 Å². The molecule has 1 aliphatic carbocycles. The Morgan fingerprint density at radius 1 is 1.08 bits per heavy atom. The lowest BCUT2D eigenvalue weighted by Crippen LogP contribution is -2.26. The van der Waals surface area contributed by atoms with Crippen LogP contribution in [0.15, 0.2) is 61.2 Å². The maximum Gasteiger partial charge on any atom is 0.330 e. The van der Waals surface area contributed by atoms with E-state index in [0.717, 1.165) is 57.8 Å². The van der Waals surface area contributed by atoms with Crippen molar-refractivity contribution in [1.29, 1.82) is 5.26 Å². The molecule has 0 radical (unpaired) electrons. The first-order valence-electron chi connectivity index (χ1n) is 14.4. The summed E-state index contributed by atoms with van der Waals surface area (Å²) in [6.07, 6.45) is 14.3. The summed E-state index contributed by atoms with van der Waals surface area (Å²) in [6, 6.07) is 20.9. The minimum absolute atomic E-state index is 0.188. The highest BCUT2D eigenvalue weighted by Crippen LogP contribution is 2.47. The van der Waals surface area contributed by atoms with E-state index in [1.165, 1.54) is 47.6 Å². The number of rotatable bonds is 14. The predicted octanol–water partition coefficient (Wildman–Crippen LogP) is 9.49. The fraction of sp³-hybridized carbons (Fsp3) is 0.529. The lowest BCUT2D eigenvalue weighted by molar-refractivity contribution is -0.137. The Hall–Kier alpha value is -2.86. The van der Waals surface area contributed by atoms with Gasteiger partial charge in [-0.15, -0.1) is 0 Å². The molecule has 2 aromatic carbocycles. The Balaban J connectivity index is 1.49. The third kappa shape index (κ3) is 8.60. The average molecular weight is 500 g/mol. The van der Waals surface area contributed by atoms with Crippen LogP contribution in [0.3, 0.4) is 0 Å². The van der Waals surface area contributed by atoms with Crippen LogP contribution in [0.5, 0.6) is 0 Å². The van der Waals surface area contributed by atoms with Crippen molar-refractivity contribution < 1.29 is 9.53 Å². The highest BCUT2D eigenvalue weighted by Gasteiger charge is 2.36. The molecule has 1 fully saturated rings. The quantitative estimate of drug-likeness (QED) is 0.148. The summed E-state index contributed by atoms with van der Waals surface area (Å²) >= 11 is 0. The molecule has 3 rings (SSSR count). The van der Waals surface area contributed by atoms with Gasteiger partial charge < -0.3 is 4.74 Å². The number of ether oxygens (including phenoxy) is 1. The number of unbranched alkanes of at least 4 members (excludes halogenated alkanes) is 4. The van der Waals surface area contributed by atoms with Crippen LogP contribution in [0.25, 0.3) is 11.1 Å². The van der Waals surface area contributed by atoms with E-state index in [-0.39, 0.29) is 11.4 Å². The van der Waals surface area contributed by atoms with Gasteiger partial charge in [-0.25, -0.2) is 4.79 Å². The number of nitrogens with zero attached hydrogens (tertiary/aromatic N) is 1. The molecule has 3 atom stereocenters. The molecule has 2 aromatic rings. The molecule has 0 aromatic heterocycles. The molecule has 37 heavy (non-hydrogen) atoms. The first-order chi connectivity index (χ1) is 18.0. The third-order valence-corrected chi connectivity index (χ3v) is 8.21. The van der Waals surface area contributed by atoms with Crippen LogP contribution in [0.1, 0.15) is 114 Å². The van der Waals surface area contributed by atoms with E-state index in [4.69, 9.17) is 4.74 Å². The molecule has 0 spiro atoms. The van der Waals surface area contributed by atoms with Crippen LogP contribution in [-0.2, 0) is 9.53 Å². The molecule has 0 bridgehead atoms. The highest BCUT2D eigenvalue weighted by molar-refractivity contribution is 5.81. The minimum atomic E-state index is -0.344. The van der Waals surface area contributed by atoms with Crippen LogP contribution in [0.2, 0.25) is 0 Å². The SMILES string of the molecule is C=CC(=O)OCCCCCCCC1(C#N)CCCC(c2ccc(-c3ccc(C(C)CCC)cc3)cc2)C1. The van der Waals surface area contributed by atoms with Crippen molar-refractivity contribution in [2.24, 2.45) is 5.41 Å². The summed E-state index contributed by atoms with van der Waals surface area (Å²) in [6.45, 7) is 8.44. The van der Waals surface area contributed by atoms with Gasteiger partial charge in [0.2, 0.25) is 0 Å². The zero-order valence-corrected chi connectivity index (χ0v) is 23.0.